The molecule has 1 fully saturated rings. The lowest BCUT2D eigenvalue weighted by atomic mass is 10.1. The van der Waals surface area contributed by atoms with Gasteiger partial charge in [-0.2, -0.15) is 17.9 Å². The molecule has 2 heterocycles. The van der Waals surface area contributed by atoms with E-state index in [0.717, 1.165) is 12.3 Å². The number of nitrogens with one attached hydrogen (secondary N) is 1. The Kier molecular flexibility index (Phi) is 5.46. The normalized spacial score (nSPS) is 20.1. The number of carbonyl (C=O) groups is 1. The van der Waals surface area contributed by atoms with E-state index in [-0.39, 0.29) is 29.1 Å². The maximum Gasteiger partial charge on any atom is 0.418 e. The summed E-state index contributed by atoms with van der Waals surface area (Å²) in [5, 5.41) is 13.7. The minimum atomic E-state index is -4.59. The Morgan fingerprint density at radius 3 is 2.54 bits per heavy atom. The van der Waals surface area contributed by atoms with Crippen molar-refractivity contribution < 1.29 is 27.4 Å². The second-order valence-electron chi connectivity index (χ2n) is 6.80. The van der Waals surface area contributed by atoms with Crippen molar-refractivity contribution in [1.82, 2.24) is 0 Å². The first-order valence-electron chi connectivity index (χ1n) is 8.75. The van der Waals surface area contributed by atoms with Gasteiger partial charge in [-0.25, -0.2) is 0 Å². The van der Waals surface area contributed by atoms with Crippen LogP contribution in [0.3, 0.4) is 0 Å². The van der Waals surface area contributed by atoms with Gasteiger partial charge in [0, 0.05) is 30.5 Å². The fraction of sp³-hybridized carbons (Fsp3) is 0.368. The van der Waals surface area contributed by atoms with E-state index < -0.39 is 17.6 Å². The standard InChI is InChI=1S/C19H20F3N3O3/c1-12-9-24(10-13(2)28-12)17-6-5-15(8-16(17)19(20,21)22)23-18(26)14-4-3-7-25(27)11-14/h3-8,11-13H,9-10H2,1-2H3,(H,23,26)/t12-,13-/m0/s1. The van der Waals surface area contributed by atoms with Gasteiger partial charge >= 0.3 is 6.18 Å². The van der Waals surface area contributed by atoms with E-state index in [9.17, 15) is 23.2 Å². The molecule has 1 N–H and O–H groups in total. The molecule has 0 aliphatic carbocycles. The summed E-state index contributed by atoms with van der Waals surface area (Å²) < 4.78 is 47.1. The lowest BCUT2D eigenvalue weighted by Gasteiger charge is -2.38. The molecule has 3 rings (SSSR count). The first-order chi connectivity index (χ1) is 13.1. The molecule has 1 amide bonds. The number of aromatic nitrogens is 1. The number of rotatable bonds is 3. The van der Waals surface area contributed by atoms with Crippen LogP contribution in [0.2, 0.25) is 0 Å². The van der Waals surface area contributed by atoms with Crippen LogP contribution in [0.15, 0.2) is 42.7 Å². The lowest BCUT2D eigenvalue weighted by Crippen LogP contribution is -2.46. The van der Waals surface area contributed by atoms with Crippen LogP contribution in [-0.2, 0) is 10.9 Å². The van der Waals surface area contributed by atoms with Crippen molar-refractivity contribution in [3.05, 3.63) is 59.1 Å². The Morgan fingerprint density at radius 2 is 1.93 bits per heavy atom. The first-order valence-corrected chi connectivity index (χ1v) is 8.75. The van der Waals surface area contributed by atoms with Crippen molar-refractivity contribution in [2.75, 3.05) is 23.3 Å². The van der Waals surface area contributed by atoms with Crippen molar-refractivity contribution >= 4 is 17.3 Å². The van der Waals surface area contributed by atoms with Crippen LogP contribution in [0.4, 0.5) is 24.5 Å². The maximum atomic E-state index is 13.7. The number of hydrogen-bond donors (Lipinski definition) is 1. The largest absolute Gasteiger partial charge is 0.619 e. The molecule has 1 aromatic carbocycles. The molecular formula is C19H20F3N3O3. The molecule has 0 spiro atoms. The summed E-state index contributed by atoms with van der Waals surface area (Å²) in [5.74, 6) is -0.667. The van der Waals surface area contributed by atoms with E-state index in [4.69, 9.17) is 4.74 Å². The Hall–Kier alpha value is -2.81. The molecule has 1 aromatic heterocycles. The molecule has 2 atom stereocenters. The summed E-state index contributed by atoms with van der Waals surface area (Å²) in [6.45, 7) is 4.30. The van der Waals surface area contributed by atoms with Gasteiger partial charge in [0.1, 0.15) is 5.56 Å². The SMILES string of the molecule is C[C@H]1CN(c2ccc(NC(=O)c3ccc[n+]([O-])c3)cc2C(F)(F)F)C[C@H](C)O1. The third-order valence-corrected chi connectivity index (χ3v) is 4.36. The quantitative estimate of drug-likeness (QED) is 0.640. The van der Waals surface area contributed by atoms with E-state index in [1.54, 1.807) is 4.90 Å². The Labute approximate surface area is 160 Å². The number of amides is 1. The monoisotopic (exact) mass is 395 g/mol. The number of anilines is 2. The lowest BCUT2D eigenvalue weighted by molar-refractivity contribution is -0.605. The van der Waals surface area contributed by atoms with Gasteiger partial charge in [-0.15, -0.1) is 0 Å². The van der Waals surface area contributed by atoms with Gasteiger partial charge in [-0.1, -0.05) is 0 Å². The molecule has 1 aliphatic rings. The van der Waals surface area contributed by atoms with Crippen LogP contribution >= 0.6 is 0 Å². The average Bonchev–Trinajstić information content (AvgIpc) is 2.60. The number of benzene rings is 1. The van der Waals surface area contributed by atoms with Crippen LogP contribution in [-0.4, -0.2) is 31.2 Å². The van der Waals surface area contributed by atoms with Crippen molar-refractivity contribution in [2.24, 2.45) is 0 Å². The van der Waals surface area contributed by atoms with Gasteiger partial charge in [0.25, 0.3) is 5.91 Å². The molecule has 2 aromatic rings. The number of carbonyl (C=O) groups excluding carboxylic acids is 1. The first kappa shape index (κ1) is 19.9. The Bertz CT molecular complexity index is 863. The summed E-state index contributed by atoms with van der Waals surface area (Å²) in [4.78, 5) is 13.9. The Morgan fingerprint density at radius 1 is 1.25 bits per heavy atom. The minimum absolute atomic E-state index is 0.00302. The van der Waals surface area contributed by atoms with E-state index >= 15 is 0 Å². The van der Waals surface area contributed by atoms with E-state index in [1.807, 2.05) is 13.8 Å². The van der Waals surface area contributed by atoms with Crippen molar-refractivity contribution in [1.29, 1.82) is 0 Å². The number of hydrogen-bond acceptors (Lipinski definition) is 4. The maximum absolute atomic E-state index is 13.7. The topological polar surface area (TPSA) is 68.5 Å². The smallest absolute Gasteiger partial charge is 0.418 e. The molecule has 6 nitrogen and oxygen atoms in total. The summed E-state index contributed by atoms with van der Waals surface area (Å²) in [7, 11) is 0. The molecule has 9 heteroatoms. The number of pyridine rings is 1. The van der Waals surface area contributed by atoms with E-state index in [1.165, 1.54) is 30.5 Å². The molecule has 1 aliphatic heterocycles. The van der Waals surface area contributed by atoms with Crippen LogP contribution in [0.5, 0.6) is 0 Å². The second kappa shape index (κ2) is 7.67. The zero-order valence-corrected chi connectivity index (χ0v) is 15.4. The molecule has 0 unspecified atom stereocenters. The zero-order valence-electron chi connectivity index (χ0n) is 15.4. The highest BCUT2D eigenvalue weighted by Gasteiger charge is 2.36. The van der Waals surface area contributed by atoms with Crippen LogP contribution in [0.25, 0.3) is 0 Å². The fourth-order valence-corrected chi connectivity index (χ4v) is 3.28. The van der Waals surface area contributed by atoms with E-state index in [0.29, 0.717) is 17.8 Å². The predicted octanol–water partition coefficient (Wildman–Crippen LogP) is 3.20. The zero-order chi connectivity index (χ0) is 20.5. The Balaban J connectivity index is 1.89. The van der Waals surface area contributed by atoms with Gasteiger partial charge in [0.05, 0.1) is 17.8 Å². The van der Waals surface area contributed by atoms with Crippen molar-refractivity contribution in [2.45, 2.75) is 32.2 Å². The summed E-state index contributed by atoms with van der Waals surface area (Å²) in [5.41, 5.74) is -0.745. The van der Waals surface area contributed by atoms with Crippen molar-refractivity contribution in [3.63, 3.8) is 0 Å². The number of nitrogens with zero attached hydrogens (tertiary/aromatic N) is 2. The number of alkyl halides is 3. The summed E-state index contributed by atoms with van der Waals surface area (Å²) >= 11 is 0. The van der Waals surface area contributed by atoms with Gasteiger partial charge in [0.2, 0.25) is 0 Å². The van der Waals surface area contributed by atoms with Gasteiger partial charge in [0.15, 0.2) is 12.4 Å². The molecule has 0 saturated carbocycles. The number of morpholine rings is 1. The van der Waals surface area contributed by atoms with Crippen LogP contribution in [0, 0.1) is 5.21 Å². The van der Waals surface area contributed by atoms with Gasteiger partial charge in [-0.05, 0) is 38.1 Å². The third-order valence-electron chi connectivity index (χ3n) is 4.36. The molecule has 28 heavy (non-hydrogen) atoms. The summed E-state index contributed by atoms with van der Waals surface area (Å²) in [6, 6.07) is 6.46. The number of ether oxygens (including phenoxy) is 1. The highest BCUT2D eigenvalue weighted by molar-refractivity contribution is 6.04. The highest BCUT2D eigenvalue weighted by atomic mass is 19.4. The van der Waals surface area contributed by atoms with Crippen LogP contribution < -0.4 is 14.9 Å². The molecule has 150 valence electrons. The van der Waals surface area contributed by atoms with Crippen LogP contribution in [0.1, 0.15) is 29.8 Å². The molecule has 0 radical (unpaired) electrons. The van der Waals surface area contributed by atoms with Gasteiger partial charge < -0.3 is 20.2 Å². The van der Waals surface area contributed by atoms with Gasteiger partial charge in [-0.3, -0.25) is 4.79 Å². The summed E-state index contributed by atoms with van der Waals surface area (Å²) in [6.07, 6.45) is -2.73. The molecule has 1 saturated heterocycles. The molecule has 0 bridgehead atoms. The van der Waals surface area contributed by atoms with Crippen molar-refractivity contribution in [3.8, 4) is 0 Å². The second-order valence-corrected chi connectivity index (χ2v) is 6.80. The average molecular weight is 395 g/mol. The third kappa shape index (κ3) is 4.53. The fourth-order valence-electron chi connectivity index (χ4n) is 3.28. The predicted molar refractivity (Wildman–Crippen MR) is 97.0 cm³/mol. The molecular weight excluding hydrogens is 375 g/mol. The van der Waals surface area contributed by atoms with E-state index in [2.05, 4.69) is 5.32 Å². The highest BCUT2D eigenvalue weighted by Crippen LogP contribution is 2.39. The minimum Gasteiger partial charge on any atom is -0.619 e. The number of halogens is 3.